The molecule has 1 unspecified atom stereocenters. The molecule has 2 aromatic heterocycles. The van der Waals surface area contributed by atoms with Gasteiger partial charge in [-0.15, -0.1) is 0 Å². The third-order valence-corrected chi connectivity index (χ3v) is 5.80. The van der Waals surface area contributed by atoms with Crippen LogP contribution in [0.1, 0.15) is 43.9 Å². The number of ether oxygens (including phenoxy) is 2. The Labute approximate surface area is 198 Å². The van der Waals surface area contributed by atoms with E-state index in [-0.39, 0.29) is 18.2 Å². The molecule has 0 radical (unpaired) electrons. The lowest BCUT2D eigenvalue weighted by Gasteiger charge is -2.32. The summed E-state index contributed by atoms with van der Waals surface area (Å²) in [6, 6.07) is 13.4. The summed E-state index contributed by atoms with van der Waals surface area (Å²) in [4.78, 5) is 30.5. The molecule has 1 saturated heterocycles. The predicted octanol–water partition coefficient (Wildman–Crippen LogP) is 4.42. The molecule has 178 valence electrons. The Balaban J connectivity index is 1.40. The number of benzene rings is 1. The third-order valence-electron chi connectivity index (χ3n) is 5.80. The Morgan fingerprint density at radius 1 is 1.09 bits per heavy atom. The molecule has 9 nitrogen and oxygen atoms in total. The minimum absolute atomic E-state index is 0.0296. The van der Waals surface area contributed by atoms with Crippen LogP contribution in [-0.2, 0) is 14.3 Å². The van der Waals surface area contributed by atoms with E-state index in [0.717, 1.165) is 48.6 Å². The third kappa shape index (κ3) is 5.54. The van der Waals surface area contributed by atoms with Crippen LogP contribution in [-0.4, -0.2) is 46.0 Å². The Kier molecular flexibility index (Phi) is 7.10. The highest BCUT2D eigenvalue weighted by Gasteiger charge is 2.22. The van der Waals surface area contributed by atoms with Gasteiger partial charge >= 0.3 is 12.1 Å². The van der Waals surface area contributed by atoms with Crippen molar-refractivity contribution in [3.8, 4) is 5.69 Å². The maximum atomic E-state index is 12.6. The second-order valence-electron chi connectivity index (χ2n) is 8.34. The van der Waals surface area contributed by atoms with Gasteiger partial charge in [-0.1, -0.05) is 30.3 Å². The molecule has 1 amide bonds. The largest absolute Gasteiger partial charge is 0.462 e. The zero-order chi connectivity index (χ0) is 24.1. The number of hydrogen-bond acceptors (Lipinski definition) is 7. The number of aryl methyl sites for hydroxylation is 1. The molecule has 3 aromatic rings. The van der Waals surface area contributed by atoms with E-state index in [9.17, 15) is 9.59 Å². The molecule has 0 aliphatic carbocycles. The standard InChI is InChI=1S/C25H29N5O4/c1-17-15-27-30(24(17)28-25(32)33-18(2)20-7-5-4-6-8-20)21-9-10-23(26-16-21)29-13-11-22(12-14-29)34-19(3)31/h4-10,15-16,18,22H,11-14H2,1-3H3,(H,28,32). The number of pyridine rings is 1. The van der Waals surface area contributed by atoms with Gasteiger partial charge in [-0.05, 0) is 31.5 Å². The molecule has 3 heterocycles. The van der Waals surface area contributed by atoms with Gasteiger partial charge in [0.1, 0.15) is 23.8 Å². The van der Waals surface area contributed by atoms with Crippen molar-refractivity contribution in [1.82, 2.24) is 14.8 Å². The van der Waals surface area contributed by atoms with Crippen molar-refractivity contribution in [3.05, 3.63) is 66.0 Å². The van der Waals surface area contributed by atoms with Crippen molar-refractivity contribution in [2.45, 2.75) is 45.8 Å². The highest BCUT2D eigenvalue weighted by Crippen LogP contribution is 2.24. The SMILES string of the molecule is CC(=O)OC1CCN(c2ccc(-n3ncc(C)c3NC(=O)OC(C)c3ccccc3)cn2)CC1. The number of esters is 1. The summed E-state index contributed by atoms with van der Waals surface area (Å²) in [5.41, 5.74) is 2.44. The zero-order valence-electron chi connectivity index (χ0n) is 19.6. The smallest absolute Gasteiger partial charge is 0.413 e. The van der Waals surface area contributed by atoms with E-state index in [1.54, 1.807) is 17.1 Å². The average molecular weight is 464 g/mol. The number of amides is 1. The monoisotopic (exact) mass is 463 g/mol. The normalized spacial score (nSPS) is 15.0. The van der Waals surface area contributed by atoms with Gasteiger partial charge in [0.15, 0.2) is 0 Å². The first kappa shape index (κ1) is 23.3. The lowest BCUT2D eigenvalue weighted by atomic mass is 10.1. The quantitative estimate of drug-likeness (QED) is 0.541. The minimum atomic E-state index is -0.554. The Bertz CT molecular complexity index is 1120. The van der Waals surface area contributed by atoms with Crippen LogP contribution < -0.4 is 10.2 Å². The average Bonchev–Trinajstić information content (AvgIpc) is 3.19. The summed E-state index contributed by atoms with van der Waals surface area (Å²) in [7, 11) is 0. The van der Waals surface area contributed by atoms with Crippen LogP contribution in [0.3, 0.4) is 0 Å². The van der Waals surface area contributed by atoms with Crippen molar-refractivity contribution >= 4 is 23.7 Å². The molecule has 0 saturated carbocycles. The second kappa shape index (κ2) is 10.4. The number of rotatable bonds is 6. The van der Waals surface area contributed by atoms with E-state index in [2.05, 4.69) is 20.3 Å². The summed E-state index contributed by atoms with van der Waals surface area (Å²) in [6.07, 6.45) is 3.99. The molecule has 34 heavy (non-hydrogen) atoms. The number of carbonyl (C=O) groups is 2. The number of piperidine rings is 1. The molecule has 1 N–H and O–H groups in total. The summed E-state index contributed by atoms with van der Waals surface area (Å²) in [5.74, 6) is 1.14. The highest BCUT2D eigenvalue weighted by atomic mass is 16.6. The number of anilines is 2. The van der Waals surface area contributed by atoms with Gasteiger partial charge in [0.25, 0.3) is 0 Å². The van der Waals surface area contributed by atoms with Gasteiger partial charge in [-0.3, -0.25) is 10.1 Å². The van der Waals surface area contributed by atoms with Gasteiger partial charge < -0.3 is 14.4 Å². The molecular formula is C25H29N5O4. The molecule has 1 fully saturated rings. The van der Waals surface area contributed by atoms with Gasteiger partial charge in [-0.25, -0.2) is 14.5 Å². The van der Waals surface area contributed by atoms with Crippen LogP contribution in [0.4, 0.5) is 16.4 Å². The highest BCUT2D eigenvalue weighted by molar-refractivity contribution is 5.85. The topological polar surface area (TPSA) is 98.6 Å². The molecule has 1 aliphatic heterocycles. The van der Waals surface area contributed by atoms with Crippen LogP contribution in [0.5, 0.6) is 0 Å². The number of carbonyl (C=O) groups excluding carboxylic acids is 2. The van der Waals surface area contributed by atoms with Crippen LogP contribution in [0.2, 0.25) is 0 Å². The van der Waals surface area contributed by atoms with Crippen molar-refractivity contribution in [2.75, 3.05) is 23.3 Å². The fraction of sp³-hybridized carbons (Fsp3) is 0.360. The van der Waals surface area contributed by atoms with Crippen LogP contribution in [0.15, 0.2) is 54.9 Å². The lowest BCUT2D eigenvalue weighted by molar-refractivity contribution is -0.147. The van der Waals surface area contributed by atoms with E-state index in [1.165, 1.54) is 6.92 Å². The molecule has 1 aromatic carbocycles. The Morgan fingerprint density at radius 2 is 1.82 bits per heavy atom. The minimum Gasteiger partial charge on any atom is -0.462 e. The van der Waals surface area contributed by atoms with Crippen molar-refractivity contribution in [1.29, 1.82) is 0 Å². The molecule has 4 rings (SSSR count). The summed E-state index contributed by atoms with van der Waals surface area (Å²) < 4.78 is 12.5. The maximum absolute atomic E-state index is 12.6. The van der Waals surface area contributed by atoms with Gasteiger partial charge in [0.05, 0.1) is 18.1 Å². The Morgan fingerprint density at radius 3 is 2.47 bits per heavy atom. The fourth-order valence-electron chi connectivity index (χ4n) is 3.98. The van der Waals surface area contributed by atoms with Gasteiger partial charge in [-0.2, -0.15) is 5.10 Å². The molecule has 9 heteroatoms. The molecule has 0 spiro atoms. The molecule has 1 atom stereocenters. The number of nitrogens with one attached hydrogen (secondary N) is 1. The first-order valence-electron chi connectivity index (χ1n) is 11.4. The van der Waals surface area contributed by atoms with Crippen molar-refractivity contribution in [3.63, 3.8) is 0 Å². The first-order chi connectivity index (χ1) is 16.4. The zero-order valence-corrected chi connectivity index (χ0v) is 19.6. The van der Waals surface area contributed by atoms with Gasteiger partial charge in [0.2, 0.25) is 0 Å². The molecular weight excluding hydrogens is 434 g/mol. The fourth-order valence-corrected chi connectivity index (χ4v) is 3.98. The van der Waals surface area contributed by atoms with Crippen LogP contribution in [0, 0.1) is 6.92 Å². The van der Waals surface area contributed by atoms with Crippen LogP contribution in [0.25, 0.3) is 5.69 Å². The molecule has 0 bridgehead atoms. The summed E-state index contributed by atoms with van der Waals surface area (Å²) >= 11 is 0. The summed E-state index contributed by atoms with van der Waals surface area (Å²) in [5, 5.41) is 7.22. The van der Waals surface area contributed by atoms with E-state index < -0.39 is 6.09 Å². The second-order valence-corrected chi connectivity index (χ2v) is 8.34. The van der Waals surface area contributed by atoms with E-state index in [0.29, 0.717) is 5.82 Å². The van der Waals surface area contributed by atoms with E-state index in [4.69, 9.17) is 9.47 Å². The summed E-state index contributed by atoms with van der Waals surface area (Å²) in [6.45, 7) is 6.68. The van der Waals surface area contributed by atoms with Gasteiger partial charge in [0, 0.05) is 38.4 Å². The van der Waals surface area contributed by atoms with Crippen molar-refractivity contribution in [2.24, 2.45) is 0 Å². The predicted molar refractivity (Wildman–Crippen MR) is 128 cm³/mol. The number of hydrogen-bond donors (Lipinski definition) is 1. The Hall–Kier alpha value is -3.88. The number of aromatic nitrogens is 3. The van der Waals surface area contributed by atoms with Crippen molar-refractivity contribution < 1.29 is 19.1 Å². The maximum Gasteiger partial charge on any atom is 0.413 e. The van der Waals surface area contributed by atoms with E-state index >= 15 is 0 Å². The molecule has 1 aliphatic rings. The van der Waals surface area contributed by atoms with E-state index in [1.807, 2.05) is 56.3 Å². The van der Waals surface area contributed by atoms with Crippen LogP contribution >= 0.6 is 0 Å². The lowest BCUT2D eigenvalue weighted by Crippen LogP contribution is -2.38. The first-order valence-corrected chi connectivity index (χ1v) is 11.4. The number of nitrogens with zero attached hydrogens (tertiary/aromatic N) is 4.